The lowest BCUT2D eigenvalue weighted by Crippen LogP contribution is -2.40. The van der Waals surface area contributed by atoms with E-state index in [1.165, 1.54) is 19.1 Å². The summed E-state index contributed by atoms with van der Waals surface area (Å²) in [5, 5.41) is 0. The zero-order valence-electron chi connectivity index (χ0n) is 9.88. The van der Waals surface area contributed by atoms with Crippen molar-refractivity contribution in [3.63, 3.8) is 0 Å². The first-order valence-electron chi connectivity index (χ1n) is 5.71. The number of hydrogen-bond donors (Lipinski definition) is 0. The third-order valence-corrected chi connectivity index (χ3v) is 3.52. The van der Waals surface area contributed by atoms with Crippen molar-refractivity contribution >= 4 is 5.78 Å². The second-order valence-electron chi connectivity index (χ2n) is 4.56. The Balaban J connectivity index is 2.20. The van der Waals surface area contributed by atoms with Gasteiger partial charge < -0.3 is 4.74 Å². The van der Waals surface area contributed by atoms with E-state index in [0.29, 0.717) is 0 Å². The van der Waals surface area contributed by atoms with Crippen LogP contribution in [0.3, 0.4) is 0 Å². The largest absolute Gasteiger partial charge is 0.573 e. The van der Waals surface area contributed by atoms with Gasteiger partial charge >= 0.3 is 6.36 Å². The molecule has 1 fully saturated rings. The summed E-state index contributed by atoms with van der Waals surface area (Å²) < 4.78 is 39.8. The van der Waals surface area contributed by atoms with Crippen LogP contribution in [0.1, 0.15) is 31.7 Å². The zero-order valence-corrected chi connectivity index (χ0v) is 9.88. The third-order valence-electron chi connectivity index (χ3n) is 3.52. The van der Waals surface area contributed by atoms with E-state index in [-0.39, 0.29) is 11.5 Å². The third kappa shape index (κ3) is 2.35. The van der Waals surface area contributed by atoms with E-state index in [1.807, 2.05) is 0 Å². The molecule has 0 saturated heterocycles. The molecular weight excluding hydrogens is 245 g/mol. The summed E-state index contributed by atoms with van der Waals surface area (Å²) in [5.41, 5.74) is 0.285. The lowest BCUT2D eigenvalue weighted by atomic mass is 9.62. The van der Waals surface area contributed by atoms with Gasteiger partial charge in [0.05, 0.1) is 5.41 Å². The molecule has 0 radical (unpaired) electrons. The van der Waals surface area contributed by atoms with E-state index >= 15 is 0 Å². The van der Waals surface area contributed by atoms with Gasteiger partial charge in [0.1, 0.15) is 11.5 Å². The Hall–Kier alpha value is -1.52. The molecule has 0 bridgehead atoms. The Bertz CT molecular complexity index is 444. The van der Waals surface area contributed by atoms with Crippen LogP contribution in [-0.2, 0) is 10.2 Å². The standard InChI is InChI=1S/C13H13F3O2/c1-9(17)12(7-2-8-12)10-3-5-11(6-4-10)18-13(14,15)16/h3-6H,2,7-8H2,1H3. The van der Waals surface area contributed by atoms with Gasteiger partial charge in [0.25, 0.3) is 0 Å². The lowest BCUT2D eigenvalue weighted by molar-refractivity contribution is -0.274. The summed E-state index contributed by atoms with van der Waals surface area (Å²) in [7, 11) is 0. The Morgan fingerprint density at radius 3 is 2.11 bits per heavy atom. The number of Topliss-reactive ketones (excluding diaryl/α,β-unsaturated/α-hetero) is 1. The summed E-state index contributed by atoms with van der Waals surface area (Å²) in [5.74, 6) is -0.192. The van der Waals surface area contributed by atoms with Crippen molar-refractivity contribution in [1.82, 2.24) is 0 Å². The van der Waals surface area contributed by atoms with Gasteiger partial charge in [-0.3, -0.25) is 4.79 Å². The maximum atomic E-state index is 12.0. The number of benzene rings is 1. The fraction of sp³-hybridized carbons (Fsp3) is 0.462. The van der Waals surface area contributed by atoms with Gasteiger partial charge in [0, 0.05) is 0 Å². The minimum absolute atomic E-state index is 0.0678. The molecule has 1 aromatic rings. The van der Waals surface area contributed by atoms with Crippen LogP contribution in [0.5, 0.6) is 5.75 Å². The number of carbonyl (C=O) groups excluding carboxylic acids is 1. The normalized spacial score (nSPS) is 18.0. The fourth-order valence-electron chi connectivity index (χ4n) is 2.35. The number of rotatable bonds is 3. The van der Waals surface area contributed by atoms with Crippen LogP contribution in [0.4, 0.5) is 13.2 Å². The second-order valence-corrected chi connectivity index (χ2v) is 4.56. The Morgan fingerprint density at radius 2 is 1.78 bits per heavy atom. The first-order chi connectivity index (χ1) is 8.33. The summed E-state index contributed by atoms with van der Waals surface area (Å²) >= 11 is 0. The quantitative estimate of drug-likeness (QED) is 0.828. The van der Waals surface area contributed by atoms with Crippen LogP contribution in [0, 0.1) is 0 Å². The predicted molar refractivity (Wildman–Crippen MR) is 59.3 cm³/mol. The molecule has 0 atom stereocenters. The van der Waals surface area contributed by atoms with E-state index in [2.05, 4.69) is 4.74 Å². The topological polar surface area (TPSA) is 26.3 Å². The molecule has 0 spiro atoms. The van der Waals surface area contributed by atoms with Crippen molar-refractivity contribution < 1.29 is 22.7 Å². The Kier molecular flexibility index (Phi) is 3.09. The summed E-state index contributed by atoms with van der Waals surface area (Å²) in [4.78, 5) is 11.7. The minimum atomic E-state index is -4.68. The first kappa shape index (κ1) is 12.9. The minimum Gasteiger partial charge on any atom is -0.406 e. The zero-order chi connectivity index (χ0) is 13.4. The molecule has 1 aromatic carbocycles. The molecule has 0 N–H and O–H groups in total. The summed E-state index contributed by atoms with van der Waals surface area (Å²) in [6.07, 6.45) is -2.18. The van der Waals surface area contributed by atoms with Gasteiger partial charge in [-0.1, -0.05) is 18.6 Å². The second kappa shape index (κ2) is 4.30. The highest BCUT2D eigenvalue weighted by atomic mass is 19.4. The maximum absolute atomic E-state index is 12.0. The van der Waals surface area contributed by atoms with Crippen molar-refractivity contribution in [2.45, 2.75) is 38.0 Å². The average Bonchev–Trinajstić information content (AvgIpc) is 2.15. The highest BCUT2D eigenvalue weighted by Crippen LogP contribution is 2.44. The van der Waals surface area contributed by atoms with Crippen molar-refractivity contribution in [1.29, 1.82) is 0 Å². The van der Waals surface area contributed by atoms with E-state index in [9.17, 15) is 18.0 Å². The number of hydrogen-bond acceptors (Lipinski definition) is 2. The lowest BCUT2D eigenvalue weighted by Gasteiger charge is -2.40. The van der Waals surface area contributed by atoms with E-state index < -0.39 is 11.8 Å². The maximum Gasteiger partial charge on any atom is 0.573 e. The van der Waals surface area contributed by atoms with Crippen LogP contribution in [0.25, 0.3) is 0 Å². The van der Waals surface area contributed by atoms with Gasteiger partial charge in [-0.2, -0.15) is 0 Å². The van der Waals surface area contributed by atoms with Gasteiger partial charge in [0.15, 0.2) is 0 Å². The molecule has 5 heteroatoms. The van der Waals surface area contributed by atoms with Crippen molar-refractivity contribution in [2.75, 3.05) is 0 Å². The molecule has 2 rings (SSSR count). The first-order valence-corrected chi connectivity index (χ1v) is 5.71. The summed E-state index contributed by atoms with van der Waals surface area (Å²) in [6, 6.07) is 5.60. The van der Waals surface area contributed by atoms with E-state index in [0.717, 1.165) is 24.8 Å². The molecule has 0 aromatic heterocycles. The monoisotopic (exact) mass is 258 g/mol. The van der Waals surface area contributed by atoms with Gasteiger partial charge in [0.2, 0.25) is 0 Å². The predicted octanol–water partition coefficient (Wildman–Crippen LogP) is 3.60. The molecule has 0 heterocycles. The molecular formula is C13H13F3O2. The fourth-order valence-corrected chi connectivity index (χ4v) is 2.35. The van der Waals surface area contributed by atoms with Crippen LogP contribution < -0.4 is 4.74 Å². The highest BCUT2D eigenvalue weighted by molar-refractivity contribution is 5.89. The Labute approximate surface area is 103 Å². The molecule has 2 nitrogen and oxygen atoms in total. The average molecular weight is 258 g/mol. The molecule has 0 unspecified atom stereocenters. The van der Waals surface area contributed by atoms with Crippen LogP contribution in [0.15, 0.2) is 24.3 Å². The number of ether oxygens (including phenoxy) is 1. The molecule has 98 valence electrons. The molecule has 1 aliphatic rings. The number of ketones is 1. The van der Waals surface area contributed by atoms with Crippen molar-refractivity contribution in [3.8, 4) is 5.75 Å². The molecule has 18 heavy (non-hydrogen) atoms. The van der Waals surface area contributed by atoms with Gasteiger partial charge in [-0.15, -0.1) is 13.2 Å². The van der Waals surface area contributed by atoms with Crippen LogP contribution in [0.2, 0.25) is 0 Å². The van der Waals surface area contributed by atoms with Crippen molar-refractivity contribution in [2.24, 2.45) is 0 Å². The SMILES string of the molecule is CC(=O)C1(c2ccc(OC(F)(F)F)cc2)CCC1. The highest BCUT2D eigenvalue weighted by Gasteiger charge is 2.43. The van der Waals surface area contributed by atoms with E-state index in [4.69, 9.17) is 0 Å². The number of alkyl halides is 3. The molecule has 0 amide bonds. The van der Waals surface area contributed by atoms with Gasteiger partial charge in [-0.05, 0) is 37.5 Å². The molecule has 1 aliphatic carbocycles. The van der Waals surface area contributed by atoms with Gasteiger partial charge in [-0.25, -0.2) is 0 Å². The van der Waals surface area contributed by atoms with Crippen LogP contribution in [-0.4, -0.2) is 12.1 Å². The number of carbonyl (C=O) groups is 1. The molecule has 1 saturated carbocycles. The summed E-state index contributed by atoms with van der Waals surface area (Å²) in [6.45, 7) is 1.53. The van der Waals surface area contributed by atoms with Crippen molar-refractivity contribution in [3.05, 3.63) is 29.8 Å². The Morgan fingerprint density at radius 1 is 1.22 bits per heavy atom. The molecule has 0 aliphatic heterocycles. The van der Waals surface area contributed by atoms with Crippen LogP contribution >= 0.6 is 0 Å². The van der Waals surface area contributed by atoms with E-state index in [1.54, 1.807) is 12.1 Å². The number of halogens is 3. The smallest absolute Gasteiger partial charge is 0.406 e.